The molecule has 3 aromatic carbocycles. The van der Waals surface area contributed by atoms with E-state index in [1.165, 1.54) is 73.5 Å². The Kier molecular flexibility index (Phi) is 7.71. The van der Waals surface area contributed by atoms with Gasteiger partial charge in [0.05, 0.1) is 43.3 Å². The van der Waals surface area contributed by atoms with Gasteiger partial charge in [0.25, 0.3) is 0 Å². The van der Waals surface area contributed by atoms with Crippen LogP contribution >= 0.6 is 0 Å². The molecule has 56 heavy (non-hydrogen) atoms. The maximum atomic E-state index is 14.0. The van der Waals surface area contributed by atoms with Gasteiger partial charge in [0.2, 0.25) is 5.91 Å². The Bertz CT molecular complexity index is 2370. The number of aromatic amines is 2. The van der Waals surface area contributed by atoms with Crippen molar-refractivity contribution in [3.63, 3.8) is 0 Å². The van der Waals surface area contributed by atoms with Crippen LogP contribution in [0.25, 0.3) is 44.8 Å². The number of benzene rings is 3. The number of imidazole rings is 2. The number of fused-ring (bicyclic) bond motifs is 10. The SMILES string of the molecule is COC(=O)NC(C(=O)N1CC2(CC2)CC1c1ncc(-c2ccc(-c3ccc(-c4ccc(-c5cnc[nH]5)c5c4C4CCC5C4)c4c3C3CCC4C3)cc2)[nH]1)C(C)C. The standard InChI is InChI=1S/C47H50N6O3/c1-25(2)43(52-46(55)56-3)45(54)53-23-47(16-17-47)20-38(53)44-49-22-36(51-44)27-6-4-26(5-7-27)32-12-13-33(40-29-9-8-28(18-29)39(32)40)34-14-15-35(37-21-48-24-50-37)42-31-11-10-30(19-31)41(34)42/h4-7,12-15,21-22,24-25,28-31,38,43H,8-11,16-20,23H2,1-3H3,(H,48,50)(H,49,51)(H,52,55). The van der Waals surface area contributed by atoms with Crippen LogP contribution in [0.2, 0.25) is 0 Å². The van der Waals surface area contributed by atoms with Crippen molar-refractivity contribution in [3.8, 4) is 44.8 Å². The molecule has 3 saturated carbocycles. The van der Waals surface area contributed by atoms with Gasteiger partial charge in [0.15, 0.2) is 0 Å². The molecule has 6 atom stereocenters. The molecule has 286 valence electrons. The van der Waals surface area contributed by atoms with Crippen molar-refractivity contribution in [1.82, 2.24) is 30.2 Å². The third-order valence-corrected chi connectivity index (χ3v) is 14.7. The summed E-state index contributed by atoms with van der Waals surface area (Å²) in [5.41, 5.74) is 16.7. The molecule has 1 spiro atoms. The largest absolute Gasteiger partial charge is 0.453 e. The zero-order chi connectivity index (χ0) is 37.9. The van der Waals surface area contributed by atoms with Crippen LogP contribution < -0.4 is 5.32 Å². The molecule has 3 heterocycles. The Labute approximate surface area is 328 Å². The number of aromatic nitrogens is 4. The first-order chi connectivity index (χ1) is 27.3. The maximum Gasteiger partial charge on any atom is 0.407 e. The summed E-state index contributed by atoms with van der Waals surface area (Å²) in [6.45, 7) is 4.60. The summed E-state index contributed by atoms with van der Waals surface area (Å²) < 4.78 is 4.85. The van der Waals surface area contributed by atoms with Gasteiger partial charge in [0, 0.05) is 12.1 Å². The Morgan fingerprint density at radius 3 is 1.96 bits per heavy atom. The summed E-state index contributed by atoms with van der Waals surface area (Å²) in [7, 11) is 1.33. The minimum atomic E-state index is -0.657. The molecular formula is C47H50N6O3. The molecule has 1 aliphatic heterocycles. The number of ether oxygens (including phenoxy) is 1. The second-order valence-electron chi connectivity index (χ2n) is 18.2. The van der Waals surface area contributed by atoms with Crippen molar-refractivity contribution in [2.24, 2.45) is 11.3 Å². The van der Waals surface area contributed by atoms with Gasteiger partial charge in [-0.2, -0.15) is 0 Å². The van der Waals surface area contributed by atoms with E-state index >= 15 is 0 Å². The Balaban J connectivity index is 0.899. The lowest BCUT2D eigenvalue weighted by atomic mass is 9.77. The van der Waals surface area contributed by atoms with E-state index in [1.54, 1.807) is 28.6 Å². The molecule has 1 saturated heterocycles. The van der Waals surface area contributed by atoms with Gasteiger partial charge in [-0.15, -0.1) is 0 Å². The zero-order valence-corrected chi connectivity index (χ0v) is 32.5. The molecule has 5 aliphatic carbocycles. The van der Waals surface area contributed by atoms with Crippen molar-refractivity contribution in [1.29, 1.82) is 0 Å². The third kappa shape index (κ3) is 5.25. The van der Waals surface area contributed by atoms with E-state index in [4.69, 9.17) is 9.72 Å². The van der Waals surface area contributed by atoms with E-state index in [9.17, 15) is 9.59 Å². The lowest BCUT2D eigenvalue weighted by molar-refractivity contribution is -0.135. The third-order valence-electron chi connectivity index (χ3n) is 14.7. The summed E-state index contributed by atoms with van der Waals surface area (Å²) in [5.74, 6) is 3.23. The topological polar surface area (TPSA) is 116 Å². The normalized spacial score (nSPS) is 25.2. The molecule has 6 unspecified atom stereocenters. The van der Waals surface area contributed by atoms with E-state index in [-0.39, 0.29) is 23.3 Å². The molecule has 4 fully saturated rings. The van der Waals surface area contributed by atoms with Gasteiger partial charge < -0.3 is 24.9 Å². The highest BCUT2D eigenvalue weighted by Crippen LogP contribution is 2.62. The minimum Gasteiger partial charge on any atom is -0.453 e. The number of H-pyrrole nitrogens is 2. The van der Waals surface area contributed by atoms with E-state index in [0.29, 0.717) is 30.2 Å². The van der Waals surface area contributed by atoms with Crippen molar-refractivity contribution in [3.05, 3.63) is 95.3 Å². The number of carbonyl (C=O) groups excluding carboxylic acids is 2. The number of rotatable bonds is 8. The highest BCUT2D eigenvalue weighted by molar-refractivity contribution is 5.87. The summed E-state index contributed by atoms with van der Waals surface area (Å²) in [5, 5.41) is 2.78. The molecule has 2 aromatic heterocycles. The van der Waals surface area contributed by atoms with Crippen LogP contribution in [0, 0.1) is 11.3 Å². The average molecular weight is 747 g/mol. The number of nitrogens with one attached hydrogen (secondary N) is 3. The lowest BCUT2D eigenvalue weighted by Crippen LogP contribution is -2.51. The molecule has 4 bridgehead atoms. The first kappa shape index (κ1) is 34.1. The quantitative estimate of drug-likeness (QED) is 0.146. The summed E-state index contributed by atoms with van der Waals surface area (Å²) >= 11 is 0. The van der Waals surface area contributed by atoms with Gasteiger partial charge in [-0.05, 0) is 143 Å². The summed E-state index contributed by atoms with van der Waals surface area (Å²) in [6, 6.07) is 17.8. The molecule has 5 aromatic rings. The van der Waals surface area contributed by atoms with Crippen LogP contribution in [0.1, 0.15) is 129 Å². The lowest BCUT2D eigenvalue weighted by Gasteiger charge is -2.30. The fourth-order valence-corrected chi connectivity index (χ4v) is 11.8. The summed E-state index contributed by atoms with van der Waals surface area (Å²) in [4.78, 5) is 44.3. The molecule has 6 aliphatic rings. The number of hydrogen-bond acceptors (Lipinski definition) is 5. The number of alkyl carbamates (subject to hydrolysis) is 1. The van der Waals surface area contributed by atoms with E-state index in [2.05, 4.69) is 68.8 Å². The second-order valence-corrected chi connectivity index (χ2v) is 18.2. The predicted molar refractivity (Wildman–Crippen MR) is 216 cm³/mol. The van der Waals surface area contributed by atoms with Gasteiger partial charge in [-0.25, -0.2) is 14.8 Å². The zero-order valence-electron chi connectivity index (χ0n) is 32.5. The average Bonchev–Trinajstić information content (AvgIpc) is 4.01. The number of nitrogens with zero attached hydrogens (tertiary/aromatic N) is 3. The number of methoxy groups -OCH3 is 1. The maximum absolute atomic E-state index is 14.0. The second kappa shape index (κ2) is 12.7. The van der Waals surface area contributed by atoms with Gasteiger partial charge in [-0.1, -0.05) is 62.4 Å². The van der Waals surface area contributed by atoms with Crippen LogP contribution in [0.4, 0.5) is 4.79 Å². The fourth-order valence-electron chi connectivity index (χ4n) is 11.8. The summed E-state index contributed by atoms with van der Waals surface area (Å²) in [6.07, 6.45) is 16.0. The van der Waals surface area contributed by atoms with Crippen molar-refractivity contribution >= 4 is 12.0 Å². The smallest absolute Gasteiger partial charge is 0.407 e. The molecule has 2 amide bonds. The Morgan fingerprint density at radius 1 is 0.786 bits per heavy atom. The van der Waals surface area contributed by atoms with Crippen LogP contribution in [-0.4, -0.2) is 56.5 Å². The Morgan fingerprint density at radius 2 is 1.38 bits per heavy atom. The first-order valence-electron chi connectivity index (χ1n) is 20.9. The number of likely N-dealkylation sites (tertiary alicyclic amines) is 1. The molecule has 9 heteroatoms. The van der Waals surface area contributed by atoms with E-state index in [0.717, 1.165) is 42.0 Å². The minimum absolute atomic E-state index is 0.0727. The molecule has 11 rings (SSSR count). The Hall–Kier alpha value is -5.18. The van der Waals surface area contributed by atoms with Crippen LogP contribution in [0.15, 0.2) is 67.3 Å². The molecule has 0 radical (unpaired) electrons. The number of carbonyl (C=O) groups is 2. The number of hydrogen-bond donors (Lipinski definition) is 3. The highest BCUT2D eigenvalue weighted by Gasteiger charge is 2.55. The van der Waals surface area contributed by atoms with Crippen LogP contribution in [0.5, 0.6) is 0 Å². The first-order valence-corrected chi connectivity index (χ1v) is 20.9. The monoisotopic (exact) mass is 746 g/mol. The highest BCUT2D eigenvalue weighted by atomic mass is 16.5. The van der Waals surface area contributed by atoms with Crippen molar-refractivity contribution in [2.75, 3.05) is 13.7 Å². The fraction of sp³-hybridized carbons (Fsp3) is 0.447. The van der Waals surface area contributed by atoms with Crippen LogP contribution in [-0.2, 0) is 9.53 Å². The molecular weight excluding hydrogens is 697 g/mol. The van der Waals surface area contributed by atoms with Crippen LogP contribution in [0.3, 0.4) is 0 Å². The molecule has 3 N–H and O–H groups in total. The van der Waals surface area contributed by atoms with Gasteiger partial charge in [0.1, 0.15) is 11.9 Å². The van der Waals surface area contributed by atoms with Crippen molar-refractivity contribution < 1.29 is 14.3 Å². The number of amides is 2. The predicted octanol–water partition coefficient (Wildman–Crippen LogP) is 9.96. The molecule has 9 nitrogen and oxygen atoms in total. The van der Waals surface area contributed by atoms with E-state index in [1.807, 2.05) is 31.1 Å². The van der Waals surface area contributed by atoms with Gasteiger partial charge in [-0.3, -0.25) is 4.79 Å². The van der Waals surface area contributed by atoms with E-state index < -0.39 is 12.1 Å². The van der Waals surface area contributed by atoms with Crippen molar-refractivity contribution in [2.45, 2.75) is 107 Å². The van der Waals surface area contributed by atoms with Gasteiger partial charge >= 0.3 is 6.09 Å².